The lowest BCUT2D eigenvalue weighted by atomic mass is 9.92. The lowest BCUT2D eigenvalue weighted by molar-refractivity contribution is -0.120. The molecular formula is C17H28O3. The number of ketones is 1. The van der Waals surface area contributed by atoms with Crippen LogP contribution in [-0.2, 0) is 4.79 Å². The molecule has 0 amide bonds. The van der Waals surface area contributed by atoms with Crippen molar-refractivity contribution in [1.29, 1.82) is 0 Å². The highest BCUT2D eigenvalue weighted by Crippen LogP contribution is 2.31. The Balaban J connectivity index is 2.57. The van der Waals surface area contributed by atoms with Crippen molar-refractivity contribution in [2.45, 2.75) is 64.6 Å². The second-order valence-electron chi connectivity index (χ2n) is 5.63. The molecule has 1 aliphatic carbocycles. The van der Waals surface area contributed by atoms with E-state index < -0.39 is 12.2 Å². The van der Waals surface area contributed by atoms with Crippen molar-refractivity contribution < 1.29 is 15.0 Å². The molecule has 20 heavy (non-hydrogen) atoms. The van der Waals surface area contributed by atoms with Crippen molar-refractivity contribution in [3.05, 3.63) is 24.3 Å². The fourth-order valence-corrected chi connectivity index (χ4v) is 2.65. The van der Waals surface area contributed by atoms with Gasteiger partial charge in [-0.25, -0.2) is 0 Å². The Kier molecular flexibility index (Phi) is 7.78. The highest BCUT2D eigenvalue weighted by Gasteiger charge is 2.38. The van der Waals surface area contributed by atoms with E-state index in [0.717, 1.165) is 32.1 Å². The quantitative estimate of drug-likeness (QED) is 0.531. The van der Waals surface area contributed by atoms with Gasteiger partial charge in [0.25, 0.3) is 0 Å². The summed E-state index contributed by atoms with van der Waals surface area (Å²) >= 11 is 0. The first-order valence-electron chi connectivity index (χ1n) is 7.84. The summed E-state index contributed by atoms with van der Waals surface area (Å²) in [6.07, 6.45) is 11.5. The Bertz CT molecular complexity index is 346. The third-order valence-corrected chi connectivity index (χ3v) is 3.88. The van der Waals surface area contributed by atoms with Gasteiger partial charge in [0, 0.05) is 18.3 Å². The van der Waals surface area contributed by atoms with Crippen molar-refractivity contribution >= 4 is 5.78 Å². The van der Waals surface area contributed by atoms with Crippen LogP contribution in [0, 0.1) is 11.8 Å². The molecule has 114 valence electrons. The van der Waals surface area contributed by atoms with E-state index in [1.54, 1.807) is 6.08 Å². The minimum atomic E-state index is -0.618. The zero-order valence-electron chi connectivity index (χ0n) is 12.7. The predicted octanol–water partition coefficient (Wildman–Crippen LogP) is 3.02. The van der Waals surface area contributed by atoms with E-state index in [0.29, 0.717) is 0 Å². The molecule has 0 saturated heterocycles. The summed E-state index contributed by atoms with van der Waals surface area (Å²) in [6, 6.07) is 0. The lowest BCUT2D eigenvalue weighted by Gasteiger charge is -2.15. The molecule has 0 heterocycles. The van der Waals surface area contributed by atoms with Gasteiger partial charge in [0.1, 0.15) is 5.78 Å². The number of rotatable bonds is 8. The van der Waals surface area contributed by atoms with E-state index in [9.17, 15) is 15.0 Å². The van der Waals surface area contributed by atoms with Gasteiger partial charge in [-0.15, -0.1) is 0 Å². The van der Waals surface area contributed by atoms with Gasteiger partial charge in [-0.05, 0) is 12.8 Å². The van der Waals surface area contributed by atoms with Crippen LogP contribution in [0.1, 0.15) is 52.4 Å². The molecule has 1 rings (SSSR count). The molecular weight excluding hydrogens is 252 g/mol. The molecule has 1 saturated carbocycles. The SMILES string of the molecule is CC/C=C/C1C(=O)CC(O)C1/C=C/C(O)CCCCC. The van der Waals surface area contributed by atoms with E-state index in [-0.39, 0.29) is 24.0 Å². The molecule has 3 nitrogen and oxygen atoms in total. The number of aliphatic hydroxyl groups excluding tert-OH is 2. The molecule has 0 bridgehead atoms. The first kappa shape index (κ1) is 17.1. The van der Waals surface area contributed by atoms with Crippen molar-refractivity contribution in [2.24, 2.45) is 11.8 Å². The Morgan fingerprint density at radius 3 is 2.70 bits per heavy atom. The summed E-state index contributed by atoms with van der Waals surface area (Å²) in [5.41, 5.74) is 0. The molecule has 1 aliphatic rings. The van der Waals surface area contributed by atoms with Gasteiger partial charge in [0.2, 0.25) is 0 Å². The zero-order valence-corrected chi connectivity index (χ0v) is 12.7. The molecule has 0 aromatic rings. The molecule has 0 aromatic carbocycles. The fraction of sp³-hybridized carbons (Fsp3) is 0.706. The summed E-state index contributed by atoms with van der Waals surface area (Å²) in [6.45, 7) is 4.15. The number of hydrogen-bond acceptors (Lipinski definition) is 3. The molecule has 2 N–H and O–H groups in total. The molecule has 1 fully saturated rings. The normalized spacial score (nSPS) is 28.8. The topological polar surface area (TPSA) is 57.5 Å². The Labute approximate surface area is 122 Å². The average molecular weight is 280 g/mol. The summed E-state index contributed by atoms with van der Waals surface area (Å²) in [5, 5.41) is 19.8. The van der Waals surface area contributed by atoms with Crippen LogP contribution in [0.5, 0.6) is 0 Å². The number of carbonyl (C=O) groups is 1. The van der Waals surface area contributed by atoms with Crippen molar-refractivity contribution in [3.63, 3.8) is 0 Å². The zero-order chi connectivity index (χ0) is 15.0. The lowest BCUT2D eigenvalue weighted by Crippen LogP contribution is -2.17. The Morgan fingerprint density at radius 2 is 2.05 bits per heavy atom. The third-order valence-electron chi connectivity index (χ3n) is 3.88. The summed E-state index contributed by atoms with van der Waals surface area (Å²) in [7, 11) is 0. The number of hydrogen-bond donors (Lipinski definition) is 2. The predicted molar refractivity (Wildman–Crippen MR) is 81.3 cm³/mol. The van der Waals surface area contributed by atoms with Gasteiger partial charge < -0.3 is 10.2 Å². The second kappa shape index (κ2) is 9.09. The first-order valence-corrected chi connectivity index (χ1v) is 7.84. The van der Waals surface area contributed by atoms with Crippen LogP contribution < -0.4 is 0 Å². The maximum Gasteiger partial charge on any atom is 0.143 e. The first-order chi connectivity index (χ1) is 9.60. The summed E-state index contributed by atoms with van der Waals surface area (Å²) in [4.78, 5) is 11.8. The van der Waals surface area contributed by atoms with E-state index in [1.165, 1.54) is 0 Å². The molecule has 0 aromatic heterocycles. The van der Waals surface area contributed by atoms with Gasteiger partial charge in [0.05, 0.1) is 12.2 Å². The van der Waals surface area contributed by atoms with Crippen LogP contribution in [0.15, 0.2) is 24.3 Å². The van der Waals surface area contributed by atoms with Gasteiger partial charge in [-0.3, -0.25) is 4.79 Å². The van der Waals surface area contributed by atoms with Crippen LogP contribution in [0.3, 0.4) is 0 Å². The summed E-state index contributed by atoms with van der Waals surface area (Å²) in [5.74, 6) is -0.326. The molecule has 0 spiro atoms. The van der Waals surface area contributed by atoms with Crippen LogP contribution in [0.2, 0.25) is 0 Å². The summed E-state index contributed by atoms with van der Waals surface area (Å²) < 4.78 is 0. The minimum absolute atomic E-state index is 0.0947. The molecule has 0 aliphatic heterocycles. The Hall–Kier alpha value is -0.930. The highest BCUT2D eigenvalue weighted by atomic mass is 16.3. The standard InChI is InChI=1S/C17H28O3/c1-3-5-7-8-13(18)10-11-15-14(9-6-4-2)16(19)12-17(15)20/h6,9-11,13-15,17-18,20H,3-5,7-8,12H2,1-2H3/b9-6+,11-10+. The fourth-order valence-electron chi connectivity index (χ4n) is 2.65. The van der Waals surface area contributed by atoms with Crippen LogP contribution in [-0.4, -0.2) is 28.2 Å². The highest BCUT2D eigenvalue weighted by molar-refractivity contribution is 5.86. The van der Waals surface area contributed by atoms with Crippen LogP contribution in [0.25, 0.3) is 0 Å². The van der Waals surface area contributed by atoms with Crippen molar-refractivity contribution in [2.75, 3.05) is 0 Å². The van der Waals surface area contributed by atoms with E-state index >= 15 is 0 Å². The van der Waals surface area contributed by atoms with Crippen molar-refractivity contribution in [3.8, 4) is 0 Å². The second-order valence-corrected chi connectivity index (χ2v) is 5.63. The van der Waals surface area contributed by atoms with Gasteiger partial charge >= 0.3 is 0 Å². The monoisotopic (exact) mass is 280 g/mol. The molecule has 3 heteroatoms. The van der Waals surface area contributed by atoms with Crippen LogP contribution >= 0.6 is 0 Å². The van der Waals surface area contributed by atoms with Gasteiger partial charge in [-0.2, -0.15) is 0 Å². The smallest absolute Gasteiger partial charge is 0.143 e. The largest absolute Gasteiger partial charge is 0.392 e. The van der Waals surface area contributed by atoms with E-state index in [2.05, 4.69) is 6.92 Å². The maximum atomic E-state index is 11.8. The maximum absolute atomic E-state index is 11.8. The number of Topliss-reactive ketones (excluding diaryl/α,β-unsaturated/α-hetero) is 1. The molecule has 4 unspecified atom stereocenters. The average Bonchev–Trinajstić information content (AvgIpc) is 2.68. The number of allylic oxidation sites excluding steroid dienone is 2. The van der Waals surface area contributed by atoms with Crippen LogP contribution in [0.4, 0.5) is 0 Å². The number of aliphatic hydroxyl groups is 2. The number of carbonyl (C=O) groups excluding carboxylic acids is 1. The third kappa shape index (κ3) is 5.22. The van der Waals surface area contributed by atoms with E-state index in [4.69, 9.17) is 0 Å². The molecule has 0 radical (unpaired) electrons. The van der Waals surface area contributed by atoms with Gasteiger partial charge in [-0.1, -0.05) is 57.4 Å². The van der Waals surface area contributed by atoms with Gasteiger partial charge in [0.15, 0.2) is 0 Å². The number of unbranched alkanes of at least 4 members (excludes halogenated alkanes) is 2. The van der Waals surface area contributed by atoms with Crippen molar-refractivity contribution in [1.82, 2.24) is 0 Å². The molecule has 4 atom stereocenters. The van der Waals surface area contributed by atoms with E-state index in [1.807, 2.05) is 25.2 Å². The Morgan fingerprint density at radius 1 is 1.30 bits per heavy atom. The minimum Gasteiger partial charge on any atom is -0.392 e.